The highest BCUT2D eigenvalue weighted by molar-refractivity contribution is 5.72. The zero-order valence-electron chi connectivity index (χ0n) is 8.65. The van der Waals surface area contributed by atoms with Crippen molar-refractivity contribution in [1.82, 2.24) is 0 Å². The lowest BCUT2D eigenvalue weighted by Gasteiger charge is -2.24. The Morgan fingerprint density at radius 1 is 1.43 bits per heavy atom. The van der Waals surface area contributed by atoms with Gasteiger partial charge in [-0.3, -0.25) is 4.79 Å². The van der Waals surface area contributed by atoms with Gasteiger partial charge in [0, 0.05) is 0 Å². The molecule has 0 radical (unpaired) electrons. The molecule has 0 heterocycles. The van der Waals surface area contributed by atoms with Crippen molar-refractivity contribution < 1.29 is 9.90 Å². The molecule has 0 aromatic heterocycles. The molecule has 2 heteroatoms. The molecule has 0 aromatic carbocycles. The molecule has 0 spiro atoms. The van der Waals surface area contributed by atoms with E-state index in [9.17, 15) is 9.90 Å². The molecule has 0 aromatic rings. The molecular weight excluding hydrogens is 176 g/mol. The van der Waals surface area contributed by atoms with Crippen molar-refractivity contribution >= 4 is 5.97 Å². The van der Waals surface area contributed by atoms with Gasteiger partial charge in [0.15, 0.2) is 0 Å². The van der Waals surface area contributed by atoms with E-state index in [1.165, 1.54) is 12.8 Å². The third kappa shape index (κ3) is 1.47. The first-order valence-corrected chi connectivity index (χ1v) is 5.65. The van der Waals surface area contributed by atoms with Gasteiger partial charge in [-0.15, -0.1) is 0 Å². The second-order valence-corrected chi connectivity index (χ2v) is 4.62. The van der Waals surface area contributed by atoms with E-state index in [2.05, 4.69) is 19.1 Å². The highest BCUT2D eigenvalue weighted by Gasteiger charge is 2.47. The molecule has 4 unspecified atom stereocenters. The maximum Gasteiger partial charge on any atom is 0.307 e. The summed E-state index contributed by atoms with van der Waals surface area (Å²) < 4.78 is 0. The zero-order chi connectivity index (χ0) is 10.1. The van der Waals surface area contributed by atoms with E-state index in [-0.39, 0.29) is 5.92 Å². The van der Waals surface area contributed by atoms with Gasteiger partial charge >= 0.3 is 5.97 Å². The fourth-order valence-corrected chi connectivity index (χ4v) is 3.12. The van der Waals surface area contributed by atoms with Crippen molar-refractivity contribution in [2.24, 2.45) is 23.7 Å². The maximum absolute atomic E-state index is 11.1. The van der Waals surface area contributed by atoms with Crippen molar-refractivity contribution in [3.8, 4) is 0 Å². The van der Waals surface area contributed by atoms with Crippen molar-refractivity contribution in [3.63, 3.8) is 0 Å². The molecule has 2 rings (SSSR count). The summed E-state index contributed by atoms with van der Waals surface area (Å²) in [6.45, 7) is 2.17. The van der Waals surface area contributed by atoms with Crippen molar-refractivity contribution in [2.45, 2.75) is 32.6 Å². The van der Waals surface area contributed by atoms with Crippen LogP contribution in [0, 0.1) is 23.7 Å². The number of unbranched alkanes of at least 4 members (excludes halogenated alkanes) is 1. The number of carboxylic acids is 1. The Labute approximate surface area is 85.0 Å². The summed E-state index contributed by atoms with van der Waals surface area (Å²) in [6.07, 6.45) is 8.89. The molecule has 2 bridgehead atoms. The molecule has 14 heavy (non-hydrogen) atoms. The highest BCUT2D eigenvalue weighted by Crippen LogP contribution is 2.49. The fourth-order valence-electron chi connectivity index (χ4n) is 3.12. The van der Waals surface area contributed by atoms with Crippen LogP contribution in [0.4, 0.5) is 0 Å². The Balaban J connectivity index is 2.06. The Morgan fingerprint density at radius 2 is 2.14 bits per heavy atom. The standard InChI is InChI=1S/C12H18O2/c1-2-3-4-10-8-5-6-9(7-8)11(10)12(13)14/h5-6,8-11H,2-4,7H2,1H3,(H,13,14). The van der Waals surface area contributed by atoms with Crippen LogP contribution < -0.4 is 0 Å². The van der Waals surface area contributed by atoms with Gasteiger partial charge < -0.3 is 5.11 Å². The number of allylic oxidation sites excluding steroid dienone is 2. The van der Waals surface area contributed by atoms with Crippen LogP contribution in [0.15, 0.2) is 12.2 Å². The van der Waals surface area contributed by atoms with Gasteiger partial charge in [0.1, 0.15) is 0 Å². The van der Waals surface area contributed by atoms with E-state index in [0.29, 0.717) is 17.8 Å². The van der Waals surface area contributed by atoms with Crippen LogP contribution >= 0.6 is 0 Å². The normalized spacial score (nSPS) is 39.2. The van der Waals surface area contributed by atoms with Gasteiger partial charge in [0.05, 0.1) is 5.92 Å². The Bertz CT molecular complexity index is 257. The fraction of sp³-hybridized carbons (Fsp3) is 0.750. The van der Waals surface area contributed by atoms with Crippen LogP contribution in [-0.4, -0.2) is 11.1 Å². The third-order valence-electron chi connectivity index (χ3n) is 3.80. The third-order valence-corrected chi connectivity index (χ3v) is 3.80. The Morgan fingerprint density at radius 3 is 2.79 bits per heavy atom. The summed E-state index contributed by atoms with van der Waals surface area (Å²) in [7, 11) is 0. The molecule has 1 N–H and O–H groups in total. The molecule has 2 nitrogen and oxygen atoms in total. The predicted octanol–water partition coefficient (Wildman–Crippen LogP) is 2.70. The van der Waals surface area contributed by atoms with Gasteiger partial charge in [-0.1, -0.05) is 31.9 Å². The minimum atomic E-state index is -0.581. The van der Waals surface area contributed by atoms with Crippen LogP contribution in [0.5, 0.6) is 0 Å². The SMILES string of the molecule is CCCCC1C2C=CC(C2)C1C(=O)O. The molecule has 1 fully saturated rings. The van der Waals surface area contributed by atoms with Crippen LogP contribution in [0.2, 0.25) is 0 Å². The van der Waals surface area contributed by atoms with Gasteiger partial charge in [0.2, 0.25) is 0 Å². The second-order valence-electron chi connectivity index (χ2n) is 4.62. The first kappa shape index (κ1) is 9.75. The second kappa shape index (κ2) is 3.76. The molecule has 1 saturated carbocycles. The summed E-state index contributed by atoms with van der Waals surface area (Å²) in [5.41, 5.74) is 0. The van der Waals surface area contributed by atoms with Crippen molar-refractivity contribution in [1.29, 1.82) is 0 Å². The average molecular weight is 194 g/mol. The minimum absolute atomic E-state index is 0.0865. The smallest absolute Gasteiger partial charge is 0.307 e. The van der Waals surface area contributed by atoms with E-state index >= 15 is 0 Å². The topological polar surface area (TPSA) is 37.3 Å². The predicted molar refractivity (Wildman–Crippen MR) is 54.9 cm³/mol. The van der Waals surface area contributed by atoms with E-state index in [4.69, 9.17) is 0 Å². The summed E-state index contributed by atoms with van der Waals surface area (Å²) >= 11 is 0. The molecule has 2 aliphatic rings. The van der Waals surface area contributed by atoms with Crippen LogP contribution in [-0.2, 0) is 4.79 Å². The lowest BCUT2D eigenvalue weighted by atomic mass is 9.80. The largest absolute Gasteiger partial charge is 0.481 e. The first-order chi connectivity index (χ1) is 6.74. The first-order valence-electron chi connectivity index (χ1n) is 5.65. The quantitative estimate of drug-likeness (QED) is 0.699. The number of carbonyl (C=O) groups is 1. The summed E-state index contributed by atoms with van der Waals surface area (Å²) in [5.74, 6) is 0.647. The average Bonchev–Trinajstić information content (AvgIpc) is 2.72. The van der Waals surface area contributed by atoms with Gasteiger partial charge in [-0.05, 0) is 30.6 Å². The number of hydrogen-bond donors (Lipinski definition) is 1. The number of aliphatic carboxylic acids is 1. The summed E-state index contributed by atoms with van der Waals surface area (Å²) in [5, 5.41) is 9.17. The lowest BCUT2D eigenvalue weighted by Crippen LogP contribution is -2.27. The molecular formula is C12H18O2. The Kier molecular flexibility index (Phi) is 2.62. The zero-order valence-corrected chi connectivity index (χ0v) is 8.65. The monoisotopic (exact) mass is 194 g/mol. The van der Waals surface area contributed by atoms with E-state index < -0.39 is 5.97 Å². The van der Waals surface area contributed by atoms with E-state index in [0.717, 1.165) is 12.8 Å². The lowest BCUT2D eigenvalue weighted by molar-refractivity contribution is -0.144. The van der Waals surface area contributed by atoms with E-state index in [1.807, 2.05) is 0 Å². The van der Waals surface area contributed by atoms with Gasteiger partial charge in [0.25, 0.3) is 0 Å². The van der Waals surface area contributed by atoms with Crippen molar-refractivity contribution in [3.05, 3.63) is 12.2 Å². The minimum Gasteiger partial charge on any atom is -0.481 e. The molecule has 2 aliphatic carbocycles. The molecule has 0 amide bonds. The molecule has 0 saturated heterocycles. The van der Waals surface area contributed by atoms with Crippen LogP contribution in [0.25, 0.3) is 0 Å². The number of hydrogen-bond acceptors (Lipinski definition) is 1. The van der Waals surface area contributed by atoms with Gasteiger partial charge in [-0.2, -0.15) is 0 Å². The number of carboxylic acid groups (broad SMARTS) is 1. The molecule has 4 atom stereocenters. The van der Waals surface area contributed by atoms with Crippen molar-refractivity contribution in [2.75, 3.05) is 0 Å². The molecule has 78 valence electrons. The van der Waals surface area contributed by atoms with E-state index in [1.54, 1.807) is 0 Å². The van der Waals surface area contributed by atoms with Gasteiger partial charge in [-0.25, -0.2) is 0 Å². The number of fused-ring (bicyclic) bond motifs is 2. The summed E-state index contributed by atoms with van der Waals surface area (Å²) in [4.78, 5) is 11.1. The summed E-state index contributed by atoms with van der Waals surface area (Å²) in [6, 6.07) is 0. The Hall–Kier alpha value is -0.790. The maximum atomic E-state index is 11.1. The van der Waals surface area contributed by atoms with Crippen LogP contribution in [0.3, 0.4) is 0 Å². The molecule has 0 aliphatic heterocycles. The van der Waals surface area contributed by atoms with Crippen LogP contribution in [0.1, 0.15) is 32.6 Å². The highest BCUT2D eigenvalue weighted by atomic mass is 16.4. The number of rotatable bonds is 4.